The highest BCUT2D eigenvalue weighted by Gasteiger charge is 2.08. The van der Waals surface area contributed by atoms with Crippen LogP contribution >= 0.6 is 23.4 Å². The number of nitrogens with one attached hydrogen (secondary N) is 2. The molecule has 0 aliphatic carbocycles. The van der Waals surface area contributed by atoms with Crippen LogP contribution in [-0.4, -0.2) is 12.2 Å². The number of benzene rings is 3. The maximum Gasteiger partial charge on any atom is 0.221 e. The molecule has 0 aliphatic rings. The molecule has 3 aromatic carbocycles. The number of anilines is 2. The minimum absolute atomic E-state index is 0.164. The molecule has 0 aromatic heterocycles. The Morgan fingerprint density at radius 2 is 1.64 bits per heavy atom. The van der Waals surface area contributed by atoms with Crippen LogP contribution in [-0.2, 0) is 11.3 Å². The Kier molecular flexibility index (Phi) is 6.85. The van der Waals surface area contributed by atoms with Gasteiger partial charge in [0.15, 0.2) is 0 Å². The molecule has 0 heterocycles. The van der Waals surface area contributed by atoms with Gasteiger partial charge in [-0.3, -0.25) is 4.79 Å². The van der Waals surface area contributed by atoms with Crippen molar-refractivity contribution in [3.63, 3.8) is 0 Å². The maximum absolute atomic E-state index is 11.4. The van der Waals surface area contributed by atoms with Crippen LogP contribution in [0.4, 0.5) is 11.4 Å². The highest BCUT2D eigenvalue weighted by atomic mass is 35.5. The summed E-state index contributed by atoms with van der Waals surface area (Å²) in [6, 6.07) is 21.3. The van der Waals surface area contributed by atoms with Crippen molar-refractivity contribution in [3.05, 3.63) is 77.3 Å². The van der Waals surface area contributed by atoms with Crippen LogP contribution in [0.3, 0.4) is 0 Å². The first-order valence-corrected chi connectivity index (χ1v) is 10.4. The Morgan fingerprint density at radius 1 is 1.00 bits per heavy atom. The first-order valence-electron chi connectivity index (χ1n) is 8.76. The molecule has 0 saturated heterocycles. The average Bonchev–Trinajstić information content (AvgIpc) is 2.70. The van der Waals surface area contributed by atoms with Crippen LogP contribution in [0.25, 0.3) is 0 Å². The van der Waals surface area contributed by atoms with Crippen LogP contribution in [0.1, 0.15) is 12.5 Å². The fraction of sp³-hybridized carbons (Fsp3) is 0.136. The topological polar surface area (TPSA) is 50.4 Å². The van der Waals surface area contributed by atoms with Crippen LogP contribution in [0.5, 0.6) is 11.5 Å². The van der Waals surface area contributed by atoms with E-state index in [1.165, 1.54) is 11.8 Å². The van der Waals surface area contributed by atoms with E-state index in [0.717, 1.165) is 22.7 Å². The molecule has 144 valence electrons. The number of hydrogen-bond donors (Lipinski definition) is 2. The van der Waals surface area contributed by atoms with E-state index < -0.39 is 0 Å². The second-order valence-electron chi connectivity index (χ2n) is 6.12. The zero-order valence-corrected chi connectivity index (χ0v) is 17.2. The summed E-state index contributed by atoms with van der Waals surface area (Å²) in [7, 11) is 0. The van der Waals surface area contributed by atoms with Gasteiger partial charge < -0.3 is 15.4 Å². The Labute approximate surface area is 174 Å². The second kappa shape index (κ2) is 9.53. The van der Waals surface area contributed by atoms with Gasteiger partial charge in [-0.15, -0.1) is 11.8 Å². The van der Waals surface area contributed by atoms with Gasteiger partial charge in [0.05, 0.1) is 16.4 Å². The van der Waals surface area contributed by atoms with E-state index in [0.29, 0.717) is 17.3 Å². The van der Waals surface area contributed by atoms with Crippen LogP contribution in [0.15, 0.2) is 71.6 Å². The van der Waals surface area contributed by atoms with Crippen molar-refractivity contribution in [1.29, 1.82) is 0 Å². The van der Waals surface area contributed by atoms with Crippen molar-refractivity contribution in [2.75, 3.05) is 16.9 Å². The summed E-state index contributed by atoms with van der Waals surface area (Å²) in [4.78, 5) is 12.6. The van der Waals surface area contributed by atoms with Crippen molar-refractivity contribution < 1.29 is 9.53 Å². The molecule has 0 fully saturated rings. The Bertz CT molecular complexity index is 944. The van der Waals surface area contributed by atoms with Crippen molar-refractivity contribution in [3.8, 4) is 11.5 Å². The molecular weight excluding hydrogens is 392 g/mol. The first kappa shape index (κ1) is 20.1. The molecule has 3 aromatic rings. The van der Waals surface area contributed by atoms with Gasteiger partial charge >= 0.3 is 0 Å². The number of amides is 1. The second-order valence-corrected chi connectivity index (χ2v) is 7.41. The van der Waals surface area contributed by atoms with Gasteiger partial charge in [0.2, 0.25) is 5.91 Å². The summed E-state index contributed by atoms with van der Waals surface area (Å²) >= 11 is 7.90. The zero-order chi connectivity index (χ0) is 19.9. The molecule has 3 rings (SSSR count). The quantitative estimate of drug-likeness (QED) is 0.439. The minimum atomic E-state index is -0.164. The average molecular weight is 413 g/mol. The molecule has 2 N–H and O–H groups in total. The van der Waals surface area contributed by atoms with Gasteiger partial charge in [-0.05, 0) is 60.4 Å². The fourth-order valence-corrected chi connectivity index (χ4v) is 3.26. The lowest BCUT2D eigenvalue weighted by molar-refractivity contribution is -0.114. The highest BCUT2D eigenvalue weighted by Crippen LogP contribution is 2.31. The first-order chi connectivity index (χ1) is 13.5. The lowest BCUT2D eigenvalue weighted by Gasteiger charge is -2.14. The van der Waals surface area contributed by atoms with Gasteiger partial charge in [0, 0.05) is 18.4 Å². The van der Waals surface area contributed by atoms with E-state index in [-0.39, 0.29) is 5.91 Å². The Morgan fingerprint density at radius 3 is 2.25 bits per heavy atom. The van der Waals surface area contributed by atoms with E-state index in [2.05, 4.69) is 10.6 Å². The maximum atomic E-state index is 11.4. The number of hydrogen-bond acceptors (Lipinski definition) is 4. The molecule has 0 unspecified atom stereocenters. The normalized spacial score (nSPS) is 10.4. The molecule has 6 heteroatoms. The van der Waals surface area contributed by atoms with Crippen molar-refractivity contribution >= 4 is 40.6 Å². The summed E-state index contributed by atoms with van der Waals surface area (Å²) in [6.45, 7) is 2.05. The third-order valence-corrected chi connectivity index (χ3v) is 5.07. The Balaban J connectivity index is 1.63. The van der Waals surface area contributed by atoms with Crippen molar-refractivity contribution in [2.24, 2.45) is 0 Å². The predicted octanol–water partition coefficient (Wildman–Crippen LogP) is 6.42. The van der Waals surface area contributed by atoms with Gasteiger partial charge in [-0.2, -0.15) is 0 Å². The molecule has 0 saturated carbocycles. The summed E-state index contributed by atoms with van der Waals surface area (Å²) in [6.07, 6.45) is 2.05. The molecule has 1 amide bonds. The number of carbonyl (C=O) groups excluding carboxylic acids is 1. The van der Waals surface area contributed by atoms with Crippen molar-refractivity contribution in [2.45, 2.75) is 18.4 Å². The molecule has 4 nitrogen and oxygen atoms in total. The highest BCUT2D eigenvalue weighted by molar-refractivity contribution is 7.98. The number of rotatable bonds is 7. The number of ether oxygens (including phenoxy) is 1. The van der Waals surface area contributed by atoms with Gasteiger partial charge in [0.1, 0.15) is 11.5 Å². The van der Waals surface area contributed by atoms with E-state index in [4.69, 9.17) is 16.3 Å². The van der Waals surface area contributed by atoms with E-state index in [1.54, 1.807) is 17.8 Å². The summed E-state index contributed by atoms with van der Waals surface area (Å²) < 4.78 is 5.88. The molecule has 0 aliphatic heterocycles. The van der Waals surface area contributed by atoms with Crippen LogP contribution < -0.4 is 15.4 Å². The van der Waals surface area contributed by atoms with Gasteiger partial charge in [0.25, 0.3) is 0 Å². The van der Waals surface area contributed by atoms with Crippen LogP contribution in [0, 0.1) is 0 Å². The summed E-state index contributed by atoms with van der Waals surface area (Å²) in [5.74, 6) is 1.42. The fourth-order valence-electron chi connectivity index (χ4n) is 2.63. The van der Waals surface area contributed by atoms with E-state index >= 15 is 0 Å². The minimum Gasteiger partial charge on any atom is -0.457 e. The third-order valence-electron chi connectivity index (χ3n) is 4.02. The molecule has 0 bridgehead atoms. The standard InChI is InChI=1S/C22H21ClN2O2S/c1-15(26)25-22-20(23)4-3-5-21(22)24-14-16-6-8-17(9-7-16)27-18-10-12-19(28-2)13-11-18/h3-13,24H,14H2,1-2H3,(H,25,26). The SMILES string of the molecule is CSc1ccc(Oc2ccc(CNc3cccc(Cl)c3NC(C)=O)cc2)cc1. The van der Waals surface area contributed by atoms with E-state index in [9.17, 15) is 4.79 Å². The number of halogens is 1. The largest absolute Gasteiger partial charge is 0.457 e. The molecule has 0 atom stereocenters. The molecule has 0 radical (unpaired) electrons. The van der Waals surface area contributed by atoms with E-state index in [1.807, 2.05) is 66.9 Å². The predicted molar refractivity (Wildman–Crippen MR) is 118 cm³/mol. The van der Waals surface area contributed by atoms with Gasteiger partial charge in [-0.1, -0.05) is 29.8 Å². The van der Waals surface area contributed by atoms with Crippen LogP contribution in [0.2, 0.25) is 5.02 Å². The summed E-state index contributed by atoms with van der Waals surface area (Å²) in [5.41, 5.74) is 2.45. The number of para-hydroxylation sites is 1. The lowest BCUT2D eigenvalue weighted by atomic mass is 10.2. The van der Waals surface area contributed by atoms with Gasteiger partial charge in [-0.25, -0.2) is 0 Å². The molecule has 28 heavy (non-hydrogen) atoms. The smallest absolute Gasteiger partial charge is 0.221 e. The zero-order valence-electron chi connectivity index (χ0n) is 15.7. The molecule has 0 spiro atoms. The number of carbonyl (C=O) groups is 1. The molecular formula is C22H21ClN2O2S. The third kappa shape index (κ3) is 5.44. The Hall–Kier alpha value is -2.63. The lowest BCUT2D eigenvalue weighted by Crippen LogP contribution is -2.10. The number of thioether (sulfide) groups is 1. The monoisotopic (exact) mass is 412 g/mol. The summed E-state index contributed by atoms with van der Waals surface area (Å²) in [5, 5.41) is 6.58. The van der Waals surface area contributed by atoms with Crippen molar-refractivity contribution in [1.82, 2.24) is 0 Å².